The van der Waals surface area contributed by atoms with Crippen molar-refractivity contribution in [3.05, 3.63) is 0 Å². The molecule has 0 aromatic heterocycles. The minimum Gasteiger partial charge on any atom is -0.393 e. The third kappa shape index (κ3) is 9.96. The lowest BCUT2D eigenvalue weighted by atomic mass is 10.2. The molecule has 0 spiro atoms. The normalized spacial score (nSPS) is 15.9. The zero-order valence-corrected chi connectivity index (χ0v) is 9.82. The van der Waals surface area contributed by atoms with Gasteiger partial charge in [-0.05, 0) is 26.2 Å². The van der Waals surface area contributed by atoms with Crippen LogP contribution in [0.2, 0.25) is 0 Å². The first-order valence-electron chi connectivity index (χ1n) is 5.39. The van der Waals surface area contributed by atoms with Crippen molar-refractivity contribution in [1.82, 2.24) is 0 Å². The highest BCUT2D eigenvalue weighted by Gasteiger charge is 2.05. The summed E-state index contributed by atoms with van der Waals surface area (Å²) < 4.78 is 10.8. The van der Waals surface area contributed by atoms with Gasteiger partial charge in [0.25, 0.3) is 0 Å². The van der Waals surface area contributed by atoms with Gasteiger partial charge in [-0.2, -0.15) is 0 Å². The van der Waals surface area contributed by atoms with E-state index in [4.69, 9.17) is 14.6 Å². The molecule has 3 nitrogen and oxygen atoms in total. The first kappa shape index (κ1) is 13.9. The molecule has 1 N–H and O–H groups in total. The Balaban J connectivity index is 3.19. The van der Waals surface area contributed by atoms with Crippen molar-refractivity contribution in [2.45, 2.75) is 46.3 Å². The molecule has 2 unspecified atom stereocenters. The van der Waals surface area contributed by atoms with Gasteiger partial charge in [-0.3, -0.25) is 0 Å². The second kappa shape index (κ2) is 8.21. The Kier molecular flexibility index (Phi) is 8.14. The van der Waals surface area contributed by atoms with Crippen LogP contribution in [0.3, 0.4) is 0 Å². The molecular formula is C11H24O3. The summed E-state index contributed by atoms with van der Waals surface area (Å²) in [6.07, 6.45) is 0.503. The van der Waals surface area contributed by atoms with Crippen molar-refractivity contribution in [3.63, 3.8) is 0 Å². The highest BCUT2D eigenvalue weighted by Crippen LogP contribution is 2.01. The smallest absolute Gasteiger partial charge is 0.0704 e. The molecule has 86 valence electrons. The fraction of sp³-hybridized carbons (Fsp3) is 1.00. The second-order valence-corrected chi connectivity index (χ2v) is 4.23. The number of ether oxygens (including phenoxy) is 2. The number of rotatable bonds is 8. The number of aliphatic hydroxyl groups is 1. The van der Waals surface area contributed by atoms with Crippen molar-refractivity contribution < 1.29 is 14.6 Å². The average Bonchev–Trinajstić information content (AvgIpc) is 2.01. The Labute approximate surface area is 87.4 Å². The van der Waals surface area contributed by atoms with Crippen LogP contribution in [0.1, 0.15) is 34.1 Å². The SMILES string of the molecule is CC(C)COCCOC(C)CC(C)O. The van der Waals surface area contributed by atoms with Crippen molar-refractivity contribution in [3.8, 4) is 0 Å². The molecule has 0 saturated heterocycles. The van der Waals surface area contributed by atoms with E-state index in [2.05, 4.69) is 13.8 Å². The van der Waals surface area contributed by atoms with Crippen molar-refractivity contribution in [1.29, 1.82) is 0 Å². The summed E-state index contributed by atoms with van der Waals surface area (Å²) >= 11 is 0. The van der Waals surface area contributed by atoms with Crippen molar-refractivity contribution >= 4 is 0 Å². The maximum absolute atomic E-state index is 9.09. The number of hydrogen-bond donors (Lipinski definition) is 1. The van der Waals surface area contributed by atoms with Gasteiger partial charge in [-0.15, -0.1) is 0 Å². The molecule has 0 aromatic rings. The molecule has 0 radical (unpaired) electrons. The number of hydrogen-bond acceptors (Lipinski definition) is 3. The quantitative estimate of drug-likeness (QED) is 0.613. The van der Waals surface area contributed by atoms with E-state index < -0.39 is 0 Å². The monoisotopic (exact) mass is 204 g/mol. The molecule has 0 aromatic carbocycles. The summed E-state index contributed by atoms with van der Waals surface area (Å²) in [4.78, 5) is 0. The van der Waals surface area contributed by atoms with E-state index in [1.807, 2.05) is 6.92 Å². The molecular weight excluding hydrogens is 180 g/mol. The minimum absolute atomic E-state index is 0.109. The van der Waals surface area contributed by atoms with Crippen LogP contribution in [0.5, 0.6) is 0 Å². The zero-order valence-electron chi connectivity index (χ0n) is 9.82. The maximum atomic E-state index is 9.09. The van der Waals surface area contributed by atoms with Gasteiger partial charge in [-0.1, -0.05) is 13.8 Å². The molecule has 0 aliphatic carbocycles. The standard InChI is InChI=1S/C11H24O3/c1-9(2)8-13-5-6-14-11(4)7-10(3)12/h9-12H,5-8H2,1-4H3. The Morgan fingerprint density at radius 1 is 1.07 bits per heavy atom. The molecule has 0 saturated carbocycles. The van der Waals surface area contributed by atoms with Crippen LogP contribution in [-0.4, -0.2) is 37.1 Å². The Morgan fingerprint density at radius 3 is 2.21 bits per heavy atom. The largest absolute Gasteiger partial charge is 0.393 e. The van der Waals surface area contributed by atoms with Crippen LogP contribution in [0.15, 0.2) is 0 Å². The van der Waals surface area contributed by atoms with Crippen LogP contribution in [0.25, 0.3) is 0 Å². The van der Waals surface area contributed by atoms with E-state index in [-0.39, 0.29) is 12.2 Å². The summed E-state index contributed by atoms with van der Waals surface area (Å²) in [5, 5.41) is 9.09. The molecule has 2 atom stereocenters. The van der Waals surface area contributed by atoms with E-state index >= 15 is 0 Å². The third-order valence-corrected chi connectivity index (χ3v) is 1.75. The van der Waals surface area contributed by atoms with Crippen LogP contribution in [-0.2, 0) is 9.47 Å². The predicted octanol–water partition coefficient (Wildman–Crippen LogP) is 1.83. The fourth-order valence-corrected chi connectivity index (χ4v) is 1.18. The molecule has 0 bridgehead atoms. The summed E-state index contributed by atoms with van der Waals surface area (Å²) in [5.74, 6) is 0.574. The zero-order chi connectivity index (χ0) is 11.0. The molecule has 0 aliphatic heterocycles. The van der Waals surface area contributed by atoms with Gasteiger partial charge in [-0.25, -0.2) is 0 Å². The average molecular weight is 204 g/mol. The summed E-state index contributed by atoms with van der Waals surface area (Å²) in [7, 11) is 0. The number of aliphatic hydroxyl groups excluding tert-OH is 1. The van der Waals surface area contributed by atoms with Crippen molar-refractivity contribution in [2.24, 2.45) is 5.92 Å². The first-order chi connectivity index (χ1) is 6.52. The lowest BCUT2D eigenvalue weighted by molar-refractivity contribution is -0.0106. The summed E-state index contributed by atoms with van der Waals surface area (Å²) in [6.45, 7) is 10.0. The molecule has 0 fully saturated rings. The maximum Gasteiger partial charge on any atom is 0.0704 e. The molecule has 3 heteroatoms. The second-order valence-electron chi connectivity index (χ2n) is 4.23. The molecule has 0 heterocycles. The van der Waals surface area contributed by atoms with Gasteiger partial charge in [0.1, 0.15) is 0 Å². The fourth-order valence-electron chi connectivity index (χ4n) is 1.18. The molecule has 0 amide bonds. The van der Waals surface area contributed by atoms with Gasteiger partial charge < -0.3 is 14.6 Å². The van der Waals surface area contributed by atoms with Crippen LogP contribution >= 0.6 is 0 Å². The topological polar surface area (TPSA) is 38.7 Å². The van der Waals surface area contributed by atoms with Crippen molar-refractivity contribution in [2.75, 3.05) is 19.8 Å². The van der Waals surface area contributed by atoms with E-state index in [1.165, 1.54) is 0 Å². The third-order valence-electron chi connectivity index (χ3n) is 1.75. The first-order valence-corrected chi connectivity index (χ1v) is 5.39. The predicted molar refractivity (Wildman–Crippen MR) is 57.4 cm³/mol. The Bertz CT molecular complexity index is 124. The summed E-state index contributed by atoms with van der Waals surface area (Å²) in [5.41, 5.74) is 0. The molecule has 0 rings (SSSR count). The lowest BCUT2D eigenvalue weighted by Gasteiger charge is -2.14. The van der Waals surface area contributed by atoms with E-state index in [1.54, 1.807) is 6.92 Å². The molecule has 0 aliphatic rings. The van der Waals surface area contributed by atoms with Gasteiger partial charge in [0, 0.05) is 6.61 Å². The van der Waals surface area contributed by atoms with Crippen LogP contribution < -0.4 is 0 Å². The van der Waals surface area contributed by atoms with Gasteiger partial charge in [0.15, 0.2) is 0 Å². The highest BCUT2D eigenvalue weighted by molar-refractivity contribution is 4.55. The van der Waals surface area contributed by atoms with Gasteiger partial charge in [0.2, 0.25) is 0 Å². The highest BCUT2D eigenvalue weighted by atomic mass is 16.5. The molecule has 14 heavy (non-hydrogen) atoms. The van der Waals surface area contributed by atoms with E-state index in [0.29, 0.717) is 25.6 Å². The van der Waals surface area contributed by atoms with Crippen LogP contribution in [0.4, 0.5) is 0 Å². The Morgan fingerprint density at radius 2 is 1.71 bits per heavy atom. The minimum atomic E-state index is -0.290. The Hall–Kier alpha value is -0.120. The van der Waals surface area contributed by atoms with Gasteiger partial charge in [0.05, 0.1) is 25.4 Å². The van der Waals surface area contributed by atoms with E-state index in [9.17, 15) is 0 Å². The summed E-state index contributed by atoms with van der Waals surface area (Å²) in [6, 6.07) is 0. The van der Waals surface area contributed by atoms with E-state index in [0.717, 1.165) is 6.61 Å². The van der Waals surface area contributed by atoms with Crippen LogP contribution in [0, 0.1) is 5.92 Å². The lowest BCUT2D eigenvalue weighted by Crippen LogP contribution is -2.18. The van der Waals surface area contributed by atoms with Gasteiger partial charge >= 0.3 is 0 Å².